The molecule has 0 amide bonds. The summed E-state index contributed by atoms with van der Waals surface area (Å²) in [4.78, 5) is 10.9. The van der Waals surface area contributed by atoms with Crippen LogP contribution in [0.4, 0.5) is 5.69 Å². The van der Waals surface area contributed by atoms with E-state index in [1.165, 1.54) is 0 Å². The van der Waals surface area contributed by atoms with E-state index in [9.17, 15) is 4.79 Å². The molecule has 0 aliphatic rings. The van der Waals surface area contributed by atoms with Gasteiger partial charge in [0.15, 0.2) is 0 Å². The molecule has 0 saturated heterocycles. The summed E-state index contributed by atoms with van der Waals surface area (Å²) < 4.78 is 0.606. The number of anilines is 1. The number of nitriles is 1. The van der Waals surface area contributed by atoms with Crippen LogP contribution in [0.5, 0.6) is 0 Å². The van der Waals surface area contributed by atoms with Gasteiger partial charge in [-0.05, 0) is 28.1 Å². The van der Waals surface area contributed by atoms with Crippen LogP contribution >= 0.6 is 15.9 Å². The second kappa shape index (κ2) is 5.93. The Balaban J connectivity index is 3.03. The second-order valence-corrected chi connectivity index (χ2v) is 4.07. The number of hydrogen-bond acceptors (Lipinski definition) is 3. The monoisotopic (exact) mass is 292 g/mol. The lowest BCUT2D eigenvalue weighted by Gasteiger charge is -2.14. The first kappa shape index (κ1) is 13.1. The molecule has 0 bridgehead atoms. The molecular formula is C12H9BrN2O2. The lowest BCUT2D eigenvalue weighted by Crippen LogP contribution is -2.29. The lowest BCUT2D eigenvalue weighted by atomic mass is 10.1. The summed E-state index contributed by atoms with van der Waals surface area (Å²) in [6.07, 6.45) is 5.14. The van der Waals surface area contributed by atoms with Crippen molar-refractivity contribution in [3.8, 4) is 18.4 Å². The van der Waals surface area contributed by atoms with Crippen molar-refractivity contribution in [3.05, 3.63) is 28.2 Å². The molecule has 86 valence electrons. The summed E-state index contributed by atoms with van der Waals surface area (Å²) in [7, 11) is 0. The number of terminal acetylenes is 1. The number of nitrogens with zero attached hydrogens (tertiary/aromatic N) is 1. The first-order chi connectivity index (χ1) is 8.10. The lowest BCUT2D eigenvalue weighted by molar-refractivity contribution is -0.137. The molecule has 0 spiro atoms. The molecule has 17 heavy (non-hydrogen) atoms. The Morgan fingerprint density at radius 3 is 2.88 bits per heavy atom. The third-order valence-corrected chi connectivity index (χ3v) is 2.74. The third kappa shape index (κ3) is 3.24. The quantitative estimate of drug-likeness (QED) is 0.835. The topological polar surface area (TPSA) is 73.1 Å². The summed E-state index contributed by atoms with van der Waals surface area (Å²) in [5.74, 6) is 1.23. The predicted molar refractivity (Wildman–Crippen MR) is 67.4 cm³/mol. The Hall–Kier alpha value is -1.98. The molecule has 2 N–H and O–H groups in total. The molecule has 1 rings (SSSR count). The van der Waals surface area contributed by atoms with Gasteiger partial charge in [0.05, 0.1) is 11.3 Å². The molecule has 5 heteroatoms. The molecular weight excluding hydrogens is 284 g/mol. The van der Waals surface area contributed by atoms with Crippen LogP contribution < -0.4 is 5.32 Å². The number of carbonyl (C=O) groups is 1. The number of benzene rings is 1. The maximum absolute atomic E-state index is 10.9. The van der Waals surface area contributed by atoms with Crippen LogP contribution in [0, 0.1) is 23.7 Å². The average molecular weight is 293 g/mol. The van der Waals surface area contributed by atoms with Crippen LogP contribution in [-0.2, 0) is 4.79 Å². The van der Waals surface area contributed by atoms with Crippen molar-refractivity contribution in [2.75, 3.05) is 5.32 Å². The average Bonchev–Trinajstić information content (AvgIpc) is 2.28. The molecule has 0 radical (unpaired) electrons. The normalized spacial score (nSPS) is 11.0. The molecule has 0 heterocycles. The molecule has 1 aromatic carbocycles. The zero-order valence-electron chi connectivity index (χ0n) is 8.77. The van der Waals surface area contributed by atoms with Crippen LogP contribution in [0.1, 0.15) is 12.0 Å². The maximum Gasteiger partial charge on any atom is 0.327 e. The minimum absolute atomic E-state index is 0.0483. The fourth-order valence-electron chi connectivity index (χ4n) is 1.26. The van der Waals surface area contributed by atoms with E-state index in [1.54, 1.807) is 18.2 Å². The molecule has 0 aliphatic carbocycles. The number of hydrogen-bond donors (Lipinski definition) is 2. The van der Waals surface area contributed by atoms with Gasteiger partial charge in [-0.3, -0.25) is 0 Å². The van der Waals surface area contributed by atoms with E-state index >= 15 is 0 Å². The van der Waals surface area contributed by atoms with E-state index in [0.29, 0.717) is 15.7 Å². The van der Waals surface area contributed by atoms with E-state index in [2.05, 4.69) is 27.2 Å². The van der Waals surface area contributed by atoms with Crippen LogP contribution in [0.15, 0.2) is 22.7 Å². The van der Waals surface area contributed by atoms with Gasteiger partial charge in [0.2, 0.25) is 0 Å². The summed E-state index contributed by atoms with van der Waals surface area (Å²) >= 11 is 3.22. The van der Waals surface area contributed by atoms with Crippen molar-refractivity contribution in [3.63, 3.8) is 0 Å². The highest BCUT2D eigenvalue weighted by Gasteiger charge is 2.17. The van der Waals surface area contributed by atoms with Gasteiger partial charge in [0.1, 0.15) is 12.1 Å². The van der Waals surface area contributed by atoms with Gasteiger partial charge in [0.25, 0.3) is 0 Å². The highest BCUT2D eigenvalue weighted by atomic mass is 79.9. The highest BCUT2D eigenvalue weighted by molar-refractivity contribution is 9.10. The zero-order chi connectivity index (χ0) is 12.8. The van der Waals surface area contributed by atoms with Crippen LogP contribution in [0.25, 0.3) is 0 Å². The number of aliphatic carboxylic acids is 1. The molecule has 0 aromatic heterocycles. The smallest absolute Gasteiger partial charge is 0.327 e. The Bertz CT molecular complexity index is 514. The largest absolute Gasteiger partial charge is 0.480 e. The summed E-state index contributed by atoms with van der Waals surface area (Å²) in [6, 6.07) is 6.15. The second-order valence-electron chi connectivity index (χ2n) is 3.22. The van der Waals surface area contributed by atoms with Gasteiger partial charge in [-0.1, -0.05) is 6.07 Å². The Morgan fingerprint density at radius 1 is 1.65 bits per heavy atom. The Labute approximate surface area is 107 Å². The number of rotatable bonds is 4. The van der Waals surface area contributed by atoms with Gasteiger partial charge < -0.3 is 10.4 Å². The summed E-state index contributed by atoms with van der Waals surface area (Å²) in [5.41, 5.74) is 0.806. The van der Waals surface area contributed by atoms with Gasteiger partial charge in [-0.25, -0.2) is 4.79 Å². The van der Waals surface area contributed by atoms with Gasteiger partial charge in [0, 0.05) is 10.9 Å². The van der Waals surface area contributed by atoms with Crippen molar-refractivity contribution in [1.82, 2.24) is 0 Å². The van der Waals surface area contributed by atoms with Crippen molar-refractivity contribution in [2.45, 2.75) is 12.5 Å². The van der Waals surface area contributed by atoms with Gasteiger partial charge in [-0.2, -0.15) is 5.26 Å². The third-order valence-electron chi connectivity index (χ3n) is 2.08. The fourth-order valence-corrected chi connectivity index (χ4v) is 1.72. The summed E-state index contributed by atoms with van der Waals surface area (Å²) in [6.45, 7) is 0. The zero-order valence-corrected chi connectivity index (χ0v) is 10.4. The molecule has 1 unspecified atom stereocenters. The minimum Gasteiger partial charge on any atom is -0.480 e. The number of carboxylic acids is 1. The fraction of sp³-hybridized carbons (Fsp3) is 0.167. The predicted octanol–water partition coefficient (Wildman–Crippen LogP) is 2.21. The number of carboxylic acid groups (broad SMARTS) is 1. The van der Waals surface area contributed by atoms with Crippen LogP contribution in [0.2, 0.25) is 0 Å². The van der Waals surface area contributed by atoms with E-state index in [-0.39, 0.29) is 6.42 Å². The van der Waals surface area contributed by atoms with Crippen molar-refractivity contribution < 1.29 is 9.90 Å². The van der Waals surface area contributed by atoms with E-state index < -0.39 is 12.0 Å². The Morgan fingerprint density at radius 2 is 2.35 bits per heavy atom. The highest BCUT2D eigenvalue weighted by Crippen LogP contribution is 2.24. The Kier molecular flexibility index (Phi) is 4.56. The van der Waals surface area contributed by atoms with Crippen molar-refractivity contribution >= 4 is 27.6 Å². The molecule has 0 saturated carbocycles. The first-order valence-electron chi connectivity index (χ1n) is 4.71. The van der Waals surface area contributed by atoms with E-state index in [1.807, 2.05) is 6.07 Å². The minimum atomic E-state index is -1.05. The van der Waals surface area contributed by atoms with E-state index in [4.69, 9.17) is 16.8 Å². The molecule has 0 aliphatic heterocycles. The number of nitrogens with one attached hydrogen (secondary N) is 1. The first-order valence-corrected chi connectivity index (χ1v) is 5.51. The standard InChI is InChI=1S/C12H9BrN2O2/c1-2-4-11(12(16)17)15-10-6-3-5-9(13)8(10)7-14/h1,3,5-6,11,15H,4H2,(H,16,17). The maximum atomic E-state index is 10.9. The van der Waals surface area contributed by atoms with Gasteiger partial charge >= 0.3 is 5.97 Å². The van der Waals surface area contributed by atoms with Crippen LogP contribution in [-0.4, -0.2) is 17.1 Å². The van der Waals surface area contributed by atoms with E-state index in [0.717, 1.165) is 0 Å². The van der Waals surface area contributed by atoms with Crippen molar-refractivity contribution in [2.24, 2.45) is 0 Å². The van der Waals surface area contributed by atoms with Crippen molar-refractivity contribution in [1.29, 1.82) is 5.26 Å². The SMILES string of the molecule is C#CCC(Nc1cccc(Br)c1C#N)C(=O)O. The molecule has 1 atom stereocenters. The number of halogens is 1. The molecule has 4 nitrogen and oxygen atoms in total. The summed E-state index contributed by atoms with van der Waals surface area (Å²) in [5, 5.41) is 20.7. The van der Waals surface area contributed by atoms with Crippen LogP contribution in [0.3, 0.4) is 0 Å². The van der Waals surface area contributed by atoms with Gasteiger partial charge in [-0.15, -0.1) is 12.3 Å². The molecule has 1 aromatic rings. The molecule has 0 fully saturated rings.